The van der Waals surface area contributed by atoms with Gasteiger partial charge in [-0.3, -0.25) is 0 Å². The minimum Gasteiger partial charge on any atom is -0.489 e. The molecule has 2 atom stereocenters. The molecule has 0 amide bonds. The molecule has 5 aromatic rings. The van der Waals surface area contributed by atoms with Crippen LogP contribution in [0.5, 0.6) is 5.75 Å². The van der Waals surface area contributed by atoms with Crippen molar-refractivity contribution in [3.63, 3.8) is 0 Å². The fourth-order valence-corrected chi connectivity index (χ4v) is 7.05. The number of aromatic nitrogens is 8. The van der Waals surface area contributed by atoms with Crippen molar-refractivity contribution in [1.29, 1.82) is 0 Å². The van der Waals surface area contributed by atoms with Gasteiger partial charge in [-0.25, -0.2) is 32.1 Å². The lowest BCUT2D eigenvalue weighted by molar-refractivity contribution is -0.190. The number of rotatable bonds is 12. The summed E-state index contributed by atoms with van der Waals surface area (Å²) in [5, 5.41) is 16.3. The number of ether oxygens (including phenoxy) is 3. The van der Waals surface area contributed by atoms with Crippen LogP contribution in [-0.2, 0) is 38.2 Å². The number of benzene rings is 2. The first-order chi connectivity index (χ1) is 24.5. The second-order valence-corrected chi connectivity index (χ2v) is 15.3. The van der Waals surface area contributed by atoms with E-state index in [0.717, 1.165) is 48.6 Å². The van der Waals surface area contributed by atoms with Crippen molar-refractivity contribution >= 4 is 44.5 Å². The lowest BCUT2D eigenvalue weighted by atomic mass is 10.1. The molecule has 268 valence electrons. The summed E-state index contributed by atoms with van der Waals surface area (Å²) in [5.74, 6) is 0.0682. The van der Waals surface area contributed by atoms with Crippen molar-refractivity contribution in [2.45, 2.75) is 25.0 Å². The van der Waals surface area contributed by atoms with Crippen molar-refractivity contribution in [3.05, 3.63) is 99.5 Å². The van der Waals surface area contributed by atoms with E-state index >= 15 is 0 Å². The summed E-state index contributed by atoms with van der Waals surface area (Å²) in [5.41, 5.74) is 1.91. The number of sulfone groups is 1. The first kappa shape index (κ1) is 34.9. The molecule has 2 aliphatic rings. The largest absolute Gasteiger partial charge is 0.489 e. The van der Waals surface area contributed by atoms with Crippen LogP contribution in [0.4, 0.5) is 11.5 Å². The van der Waals surface area contributed by atoms with Crippen LogP contribution in [-0.4, -0.2) is 105 Å². The van der Waals surface area contributed by atoms with E-state index in [0.29, 0.717) is 27.0 Å². The van der Waals surface area contributed by atoms with Crippen molar-refractivity contribution < 1.29 is 22.6 Å². The van der Waals surface area contributed by atoms with E-state index in [1.54, 1.807) is 24.4 Å². The van der Waals surface area contributed by atoms with E-state index in [1.807, 2.05) is 36.4 Å². The Morgan fingerprint density at radius 3 is 2.43 bits per heavy atom. The second kappa shape index (κ2) is 14.6. The van der Waals surface area contributed by atoms with Gasteiger partial charge in [-0.15, -0.1) is 5.10 Å². The third-order valence-electron chi connectivity index (χ3n) is 8.62. The highest BCUT2D eigenvalue weighted by atomic mass is 35.5. The van der Waals surface area contributed by atoms with Crippen LogP contribution in [0, 0.1) is 0 Å². The summed E-state index contributed by atoms with van der Waals surface area (Å²) in [7, 11) is -3.21. The van der Waals surface area contributed by atoms with Crippen LogP contribution in [0.15, 0.2) is 78.2 Å². The minimum atomic E-state index is -3.21. The summed E-state index contributed by atoms with van der Waals surface area (Å²) in [6.07, 6.45) is 5.31. The van der Waals surface area contributed by atoms with Gasteiger partial charge in [0.25, 0.3) is 0 Å². The SMILES string of the molecule is CS(=O)(=O)CCn1ncn(-c2ccc(N3CCN(c4ccc(OC[C@@H]5CO[C@@](Cn6cnnn6)(c6ccc(Cl)cc6Cl)O5)cn4)CC3)cc2)c1=O. The Bertz CT molecular complexity index is 2120. The average molecular weight is 758 g/mol. The topological polar surface area (TPSA) is 165 Å². The standard InChI is InChI=1S/C32H34Cl2N10O6S/c1-51(46,47)15-14-44-31(45)43(22-37-44)25-5-3-24(4-6-25)40-10-12-41(13-11-40)30-9-7-26(17-35-30)48-18-27-19-49-32(50-27,20-42-21-36-38-39-42)28-8-2-23(33)16-29(28)34/h2-9,16-17,21-22,27H,10-15,18-20H2,1H3/t27-,32-/m1/s1. The molecule has 7 rings (SSSR count). The van der Waals surface area contributed by atoms with Crippen LogP contribution in [0.2, 0.25) is 10.0 Å². The molecule has 2 fully saturated rings. The van der Waals surface area contributed by atoms with Gasteiger partial charge in [-0.1, -0.05) is 29.3 Å². The minimum absolute atomic E-state index is 0.00959. The molecule has 0 radical (unpaired) electrons. The smallest absolute Gasteiger partial charge is 0.350 e. The van der Waals surface area contributed by atoms with Crippen molar-refractivity contribution in [2.75, 3.05) is 61.2 Å². The molecule has 51 heavy (non-hydrogen) atoms. The Kier molecular flexibility index (Phi) is 9.98. The Morgan fingerprint density at radius 1 is 0.980 bits per heavy atom. The third kappa shape index (κ3) is 8.02. The number of hydrogen-bond donors (Lipinski definition) is 0. The fourth-order valence-electron chi connectivity index (χ4n) is 5.99. The van der Waals surface area contributed by atoms with Gasteiger partial charge in [0.2, 0.25) is 5.79 Å². The first-order valence-electron chi connectivity index (χ1n) is 16.0. The van der Waals surface area contributed by atoms with Crippen LogP contribution in [0.3, 0.4) is 0 Å². The van der Waals surface area contributed by atoms with Gasteiger partial charge >= 0.3 is 5.69 Å². The van der Waals surface area contributed by atoms with Crippen molar-refractivity contribution in [3.8, 4) is 11.4 Å². The molecule has 0 N–H and O–H groups in total. The van der Waals surface area contributed by atoms with E-state index in [1.165, 1.54) is 21.9 Å². The van der Waals surface area contributed by atoms with Gasteiger partial charge in [-0.05, 0) is 59.0 Å². The number of hydrogen-bond acceptors (Lipinski definition) is 13. The maximum Gasteiger partial charge on any atom is 0.350 e. The predicted molar refractivity (Wildman–Crippen MR) is 188 cm³/mol. The highest BCUT2D eigenvalue weighted by molar-refractivity contribution is 7.90. The molecule has 16 nitrogen and oxygen atoms in total. The zero-order valence-electron chi connectivity index (χ0n) is 27.5. The van der Waals surface area contributed by atoms with E-state index in [2.05, 4.69) is 35.4 Å². The molecule has 0 saturated carbocycles. The molecular weight excluding hydrogens is 723 g/mol. The number of aryl methyl sites for hydroxylation is 1. The molecule has 0 unspecified atom stereocenters. The Labute approximate surface area is 303 Å². The summed E-state index contributed by atoms with van der Waals surface area (Å²) in [6, 6.07) is 16.6. The second-order valence-electron chi connectivity index (χ2n) is 12.2. The third-order valence-corrected chi connectivity index (χ3v) is 10.1. The maximum atomic E-state index is 12.7. The normalized spacial score (nSPS) is 19.5. The van der Waals surface area contributed by atoms with Crippen LogP contribution in [0.1, 0.15) is 5.56 Å². The van der Waals surface area contributed by atoms with Crippen LogP contribution in [0.25, 0.3) is 5.69 Å². The molecule has 2 saturated heterocycles. The summed E-state index contributed by atoms with van der Waals surface area (Å²) in [4.78, 5) is 21.9. The van der Waals surface area contributed by atoms with Gasteiger partial charge in [0, 0.05) is 48.7 Å². The molecule has 19 heteroatoms. The van der Waals surface area contributed by atoms with Gasteiger partial charge < -0.3 is 24.0 Å². The van der Waals surface area contributed by atoms with E-state index < -0.39 is 21.7 Å². The Morgan fingerprint density at radius 2 is 1.75 bits per heavy atom. The lowest BCUT2D eigenvalue weighted by Crippen LogP contribution is -2.46. The Balaban J connectivity index is 0.915. The van der Waals surface area contributed by atoms with Crippen LogP contribution >= 0.6 is 23.2 Å². The average Bonchev–Trinajstić information content (AvgIpc) is 3.88. The molecule has 0 spiro atoms. The monoisotopic (exact) mass is 756 g/mol. The first-order valence-corrected chi connectivity index (χ1v) is 18.9. The molecule has 2 aliphatic heterocycles. The molecule has 0 bridgehead atoms. The van der Waals surface area contributed by atoms with Gasteiger partial charge in [0.05, 0.1) is 35.8 Å². The molecular formula is C32H34Cl2N10O6S. The highest BCUT2D eigenvalue weighted by Crippen LogP contribution is 2.40. The van der Waals surface area contributed by atoms with E-state index in [-0.39, 0.29) is 37.7 Å². The molecule has 2 aromatic carbocycles. The quantitative estimate of drug-likeness (QED) is 0.183. The summed E-state index contributed by atoms with van der Waals surface area (Å²) < 4.78 is 45.7. The van der Waals surface area contributed by atoms with Gasteiger partial charge in [0.15, 0.2) is 0 Å². The molecule has 5 heterocycles. The lowest BCUT2D eigenvalue weighted by Gasteiger charge is -2.36. The summed E-state index contributed by atoms with van der Waals surface area (Å²) >= 11 is 12.7. The van der Waals surface area contributed by atoms with Crippen molar-refractivity contribution in [1.82, 2.24) is 39.5 Å². The van der Waals surface area contributed by atoms with E-state index in [4.69, 9.17) is 37.4 Å². The van der Waals surface area contributed by atoms with Gasteiger partial charge in [-0.2, -0.15) is 5.10 Å². The fraction of sp³-hybridized carbons (Fsp3) is 0.375. The van der Waals surface area contributed by atoms with E-state index in [9.17, 15) is 13.2 Å². The number of piperazine rings is 1. The zero-order chi connectivity index (χ0) is 35.6. The number of tetrazole rings is 1. The summed E-state index contributed by atoms with van der Waals surface area (Å²) in [6.45, 7) is 3.78. The van der Waals surface area contributed by atoms with Gasteiger partial charge in [0.1, 0.15) is 53.3 Å². The van der Waals surface area contributed by atoms with Crippen LogP contribution < -0.4 is 20.2 Å². The number of halogens is 2. The van der Waals surface area contributed by atoms with Crippen molar-refractivity contribution in [2.24, 2.45) is 0 Å². The number of nitrogens with zero attached hydrogens (tertiary/aromatic N) is 10. The number of anilines is 2. The zero-order valence-corrected chi connectivity index (χ0v) is 29.8. The molecule has 0 aliphatic carbocycles. The predicted octanol–water partition coefficient (Wildman–Crippen LogP) is 2.44. The maximum absolute atomic E-state index is 12.7. The highest BCUT2D eigenvalue weighted by Gasteiger charge is 2.46. The Hall–Kier alpha value is -4.55. The number of pyridine rings is 1. The molecule has 3 aromatic heterocycles.